The van der Waals surface area contributed by atoms with Gasteiger partial charge in [0.05, 0.1) is 5.92 Å². The highest BCUT2D eigenvalue weighted by Gasteiger charge is 2.39. The maximum absolute atomic E-state index is 14.1. The van der Waals surface area contributed by atoms with Gasteiger partial charge in [-0.2, -0.15) is 0 Å². The SMILES string of the molecule is O=C(C1CC(=O)N(c2c(F)cccc2F)C1)N1CCC(Cc2ccccc2)CC1. The molecule has 0 aliphatic carbocycles. The van der Waals surface area contributed by atoms with Gasteiger partial charge in [0.1, 0.15) is 17.3 Å². The predicted molar refractivity (Wildman–Crippen MR) is 106 cm³/mol. The van der Waals surface area contributed by atoms with Crippen molar-refractivity contribution in [3.63, 3.8) is 0 Å². The largest absolute Gasteiger partial charge is 0.342 e. The fourth-order valence-electron chi connectivity index (χ4n) is 4.40. The smallest absolute Gasteiger partial charge is 0.228 e. The quantitative estimate of drug-likeness (QED) is 0.786. The Labute approximate surface area is 169 Å². The summed E-state index contributed by atoms with van der Waals surface area (Å²) < 4.78 is 28.1. The van der Waals surface area contributed by atoms with E-state index in [1.807, 2.05) is 18.2 Å². The van der Waals surface area contributed by atoms with Crippen LogP contribution in [0.5, 0.6) is 0 Å². The fourth-order valence-corrected chi connectivity index (χ4v) is 4.40. The molecule has 6 heteroatoms. The highest BCUT2D eigenvalue weighted by atomic mass is 19.1. The van der Waals surface area contributed by atoms with Crippen molar-refractivity contribution in [2.24, 2.45) is 11.8 Å². The molecule has 2 amide bonds. The number of rotatable bonds is 4. The lowest BCUT2D eigenvalue weighted by Crippen LogP contribution is -2.42. The van der Waals surface area contributed by atoms with Crippen molar-refractivity contribution >= 4 is 17.5 Å². The second kappa shape index (κ2) is 8.31. The topological polar surface area (TPSA) is 40.6 Å². The maximum Gasteiger partial charge on any atom is 0.228 e. The number of hydrogen-bond acceptors (Lipinski definition) is 2. The fraction of sp³-hybridized carbons (Fsp3) is 0.391. The molecule has 4 rings (SSSR count). The summed E-state index contributed by atoms with van der Waals surface area (Å²) in [5.41, 5.74) is 0.954. The Hall–Kier alpha value is -2.76. The summed E-state index contributed by atoms with van der Waals surface area (Å²) in [7, 11) is 0. The van der Waals surface area contributed by atoms with Crippen molar-refractivity contribution in [1.82, 2.24) is 4.90 Å². The number of carbonyl (C=O) groups excluding carboxylic acids is 2. The molecule has 0 spiro atoms. The number of anilines is 1. The van der Waals surface area contributed by atoms with Gasteiger partial charge >= 0.3 is 0 Å². The standard InChI is InChI=1S/C23H24F2N2O2/c24-19-7-4-8-20(25)22(19)27-15-18(14-21(27)28)23(29)26-11-9-17(10-12-26)13-16-5-2-1-3-6-16/h1-8,17-18H,9-15H2. The van der Waals surface area contributed by atoms with Crippen LogP contribution in [0, 0.1) is 23.5 Å². The summed E-state index contributed by atoms with van der Waals surface area (Å²) in [6, 6.07) is 13.8. The average molecular weight is 398 g/mol. The van der Waals surface area contributed by atoms with Crippen molar-refractivity contribution in [3.8, 4) is 0 Å². The van der Waals surface area contributed by atoms with Crippen molar-refractivity contribution in [2.45, 2.75) is 25.7 Å². The van der Waals surface area contributed by atoms with Gasteiger partial charge in [0.2, 0.25) is 11.8 Å². The second-order valence-electron chi connectivity index (χ2n) is 7.93. The third-order valence-electron chi connectivity index (χ3n) is 5.98. The number of halogens is 2. The van der Waals surface area contributed by atoms with E-state index in [9.17, 15) is 18.4 Å². The van der Waals surface area contributed by atoms with E-state index in [4.69, 9.17) is 0 Å². The van der Waals surface area contributed by atoms with Crippen LogP contribution >= 0.6 is 0 Å². The number of para-hydroxylation sites is 1. The highest BCUT2D eigenvalue weighted by molar-refractivity contribution is 6.00. The summed E-state index contributed by atoms with van der Waals surface area (Å²) in [6.07, 6.45) is 2.85. The molecule has 1 atom stereocenters. The molecule has 2 aliphatic rings. The van der Waals surface area contributed by atoms with Crippen LogP contribution in [0.25, 0.3) is 0 Å². The van der Waals surface area contributed by atoms with E-state index in [0.29, 0.717) is 19.0 Å². The van der Waals surface area contributed by atoms with Gasteiger partial charge in [-0.15, -0.1) is 0 Å². The molecule has 2 aromatic carbocycles. The van der Waals surface area contributed by atoms with E-state index in [-0.39, 0.29) is 24.6 Å². The Morgan fingerprint density at radius 2 is 1.62 bits per heavy atom. The normalized spacial score (nSPS) is 20.3. The number of carbonyl (C=O) groups is 2. The van der Waals surface area contributed by atoms with Crippen LogP contribution in [-0.2, 0) is 16.0 Å². The van der Waals surface area contributed by atoms with Gasteiger partial charge in [-0.3, -0.25) is 9.59 Å². The molecule has 1 unspecified atom stereocenters. The van der Waals surface area contributed by atoms with Crippen molar-refractivity contribution < 1.29 is 18.4 Å². The third kappa shape index (κ3) is 4.16. The third-order valence-corrected chi connectivity index (χ3v) is 5.98. The predicted octanol–water partition coefficient (Wildman–Crippen LogP) is 3.80. The number of amides is 2. The summed E-state index contributed by atoms with van der Waals surface area (Å²) >= 11 is 0. The maximum atomic E-state index is 14.1. The Balaban J connectivity index is 1.35. The minimum absolute atomic E-state index is 0.00342. The zero-order chi connectivity index (χ0) is 20.4. The van der Waals surface area contributed by atoms with Crippen molar-refractivity contribution in [1.29, 1.82) is 0 Å². The van der Waals surface area contributed by atoms with E-state index in [2.05, 4.69) is 12.1 Å². The number of hydrogen-bond donors (Lipinski definition) is 0. The van der Waals surface area contributed by atoms with Gasteiger partial charge in [0.25, 0.3) is 0 Å². The Morgan fingerprint density at radius 1 is 0.966 bits per heavy atom. The lowest BCUT2D eigenvalue weighted by molar-refractivity contribution is -0.137. The first-order chi connectivity index (χ1) is 14.0. The Bertz CT molecular complexity index is 875. The molecule has 29 heavy (non-hydrogen) atoms. The van der Waals surface area contributed by atoms with Crippen LogP contribution in [-0.4, -0.2) is 36.3 Å². The second-order valence-corrected chi connectivity index (χ2v) is 7.93. The van der Waals surface area contributed by atoms with Gasteiger partial charge < -0.3 is 9.80 Å². The minimum Gasteiger partial charge on any atom is -0.342 e. The van der Waals surface area contributed by atoms with Crippen LogP contribution in [0.3, 0.4) is 0 Å². The summed E-state index contributed by atoms with van der Waals surface area (Å²) in [4.78, 5) is 28.2. The van der Waals surface area contributed by atoms with Crippen LogP contribution in [0.2, 0.25) is 0 Å². The van der Waals surface area contributed by atoms with E-state index >= 15 is 0 Å². The van der Waals surface area contributed by atoms with Crippen LogP contribution in [0.1, 0.15) is 24.8 Å². The van der Waals surface area contributed by atoms with E-state index in [1.165, 1.54) is 11.6 Å². The van der Waals surface area contributed by atoms with E-state index in [0.717, 1.165) is 36.3 Å². The van der Waals surface area contributed by atoms with Crippen molar-refractivity contribution in [3.05, 3.63) is 65.7 Å². The molecule has 0 saturated carbocycles. The summed E-state index contributed by atoms with van der Waals surface area (Å²) in [5, 5.41) is 0. The molecule has 4 nitrogen and oxygen atoms in total. The molecule has 0 radical (unpaired) electrons. The minimum atomic E-state index is -0.784. The summed E-state index contributed by atoms with van der Waals surface area (Å²) in [5.74, 6) is -2.08. The van der Waals surface area contributed by atoms with Crippen molar-refractivity contribution in [2.75, 3.05) is 24.5 Å². The molecule has 2 aromatic rings. The van der Waals surface area contributed by atoms with E-state index in [1.54, 1.807) is 4.90 Å². The monoisotopic (exact) mass is 398 g/mol. The zero-order valence-corrected chi connectivity index (χ0v) is 16.2. The molecule has 2 fully saturated rings. The Morgan fingerprint density at radius 3 is 2.28 bits per heavy atom. The first-order valence-corrected chi connectivity index (χ1v) is 10.1. The van der Waals surface area contributed by atoms with E-state index < -0.39 is 23.5 Å². The van der Waals surface area contributed by atoms with Gasteiger partial charge in [-0.25, -0.2) is 8.78 Å². The molecule has 0 bridgehead atoms. The molecular formula is C23H24F2N2O2. The van der Waals surface area contributed by atoms with Crippen LogP contribution in [0.4, 0.5) is 14.5 Å². The Kier molecular flexibility index (Phi) is 5.60. The lowest BCUT2D eigenvalue weighted by atomic mass is 9.89. The number of nitrogens with zero attached hydrogens (tertiary/aromatic N) is 2. The summed E-state index contributed by atoms with van der Waals surface area (Å²) in [6.45, 7) is 1.35. The first kappa shape index (κ1) is 19.6. The highest BCUT2D eigenvalue weighted by Crippen LogP contribution is 2.31. The van der Waals surface area contributed by atoms with Gasteiger partial charge in [0, 0.05) is 26.1 Å². The molecule has 2 saturated heterocycles. The first-order valence-electron chi connectivity index (χ1n) is 10.1. The average Bonchev–Trinajstić information content (AvgIpc) is 3.10. The molecule has 152 valence electrons. The lowest BCUT2D eigenvalue weighted by Gasteiger charge is -2.33. The van der Waals surface area contributed by atoms with Crippen LogP contribution in [0.15, 0.2) is 48.5 Å². The molecule has 0 aromatic heterocycles. The van der Waals surface area contributed by atoms with Gasteiger partial charge in [0.15, 0.2) is 0 Å². The zero-order valence-electron chi connectivity index (χ0n) is 16.2. The van der Waals surface area contributed by atoms with Gasteiger partial charge in [-0.1, -0.05) is 36.4 Å². The molecule has 0 N–H and O–H groups in total. The molecule has 2 aliphatic heterocycles. The number of likely N-dealkylation sites (tertiary alicyclic amines) is 1. The van der Waals surface area contributed by atoms with Crippen LogP contribution < -0.4 is 4.90 Å². The number of piperidine rings is 1. The number of benzene rings is 2. The molecular weight excluding hydrogens is 374 g/mol. The van der Waals surface area contributed by atoms with Gasteiger partial charge in [-0.05, 0) is 42.9 Å². The molecule has 2 heterocycles.